The van der Waals surface area contributed by atoms with Crippen LogP contribution in [-0.4, -0.2) is 0 Å². The molecule has 0 saturated carbocycles. The SMILES string of the molecule is c1ccc2c(c1)C[n+]1cc3ccccc3c3cccc-2c31. The fourth-order valence-corrected chi connectivity index (χ4v) is 3.60. The van der Waals surface area contributed by atoms with Crippen LogP contribution < -0.4 is 4.57 Å². The summed E-state index contributed by atoms with van der Waals surface area (Å²) in [5.41, 5.74) is 5.48. The Balaban J connectivity index is 2.04. The van der Waals surface area contributed by atoms with Crippen molar-refractivity contribution in [3.63, 3.8) is 0 Å². The summed E-state index contributed by atoms with van der Waals surface area (Å²) in [7, 11) is 0. The second kappa shape index (κ2) is 3.92. The fourth-order valence-electron chi connectivity index (χ4n) is 3.60. The number of aromatic nitrogens is 1. The average molecular weight is 268 g/mol. The van der Waals surface area contributed by atoms with Crippen LogP contribution in [0, 0.1) is 0 Å². The Hall–Kier alpha value is -2.67. The number of benzene rings is 3. The maximum Gasteiger partial charge on any atom is 0.221 e. The van der Waals surface area contributed by atoms with Gasteiger partial charge in [-0.1, -0.05) is 48.5 Å². The maximum absolute atomic E-state index is 2.40. The lowest BCUT2D eigenvalue weighted by atomic mass is 9.92. The van der Waals surface area contributed by atoms with Gasteiger partial charge >= 0.3 is 0 Å². The van der Waals surface area contributed by atoms with E-state index >= 15 is 0 Å². The van der Waals surface area contributed by atoms with Crippen LogP contribution >= 0.6 is 0 Å². The highest BCUT2D eigenvalue weighted by Gasteiger charge is 2.24. The number of hydrogen-bond donors (Lipinski definition) is 0. The van der Waals surface area contributed by atoms with E-state index in [-0.39, 0.29) is 0 Å². The van der Waals surface area contributed by atoms with Crippen molar-refractivity contribution in [3.05, 3.63) is 78.5 Å². The third-order valence-electron chi connectivity index (χ3n) is 4.52. The largest absolute Gasteiger partial charge is 0.221 e. The lowest BCUT2D eigenvalue weighted by Gasteiger charge is -2.16. The quantitative estimate of drug-likeness (QED) is 0.291. The van der Waals surface area contributed by atoms with Crippen molar-refractivity contribution in [1.82, 2.24) is 0 Å². The molecule has 1 aliphatic heterocycles. The van der Waals surface area contributed by atoms with E-state index in [1.165, 1.54) is 38.4 Å². The second-order valence-electron chi connectivity index (χ2n) is 5.70. The lowest BCUT2D eigenvalue weighted by molar-refractivity contribution is -0.661. The van der Waals surface area contributed by atoms with Gasteiger partial charge in [0.05, 0.1) is 10.9 Å². The highest BCUT2D eigenvalue weighted by Crippen LogP contribution is 2.35. The molecule has 0 N–H and O–H groups in total. The molecular weight excluding hydrogens is 254 g/mol. The topological polar surface area (TPSA) is 3.88 Å². The Bertz CT molecular complexity index is 1010. The first-order chi connectivity index (χ1) is 10.4. The smallest absolute Gasteiger partial charge is 0.193 e. The van der Waals surface area contributed by atoms with E-state index in [1.54, 1.807) is 0 Å². The van der Waals surface area contributed by atoms with E-state index in [1.807, 2.05) is 0 Å². The molecule has 0 saturated heterocycles. The summed E-state index contributed by atoms with van der Waals surface area (Å²) in [6.45, 7) is 0.953. The highest BCUT2D eigenvalue weighted by atomic mass is 15.0. The van der Waals surface area contributed by atoms with Gasteiger partial charge in [-0.2, -0.15) is 4.57 Å². The van der Waals surface area contributed by atoms with E-state index in [2.05, 4.69) is 77.5 Å². The Labute approximate surface area is 123 Å². The second-order valence-corrected chi connectivity index (χ2v) is 5.70. The van der Waals surface area contributed by atoms with E-state index in [9.17, 15) is 0 Å². The Kier molecular flexibility index (Phi) is 2.06. The van der Waals surface area contributed by atoms with Gasteiger partial charge in [0.1, 0.15) is 0 Å². The normalized spacial score (nSPS) is 12.6. The predicted octanol–water partition coefficient (Wildman–Crippen LogP) is 4.31. The Morgan fingerprint density at radius 3 is 2.43 bits per heavy atom. The third kappa shape index (κ3) is 1.43. The molecule has 2 heterocycles. The molecule has 1 nitrogen and oxygen atoms in total. The highest BCUT2D eigenvalue weighted by molar-refractivity contribution is 6.08. The molecule has 3 aromatic carbocycles. The predicted molar refractivity (Wildman–Crippen MR) is 86.2 cm³/mol. The molecule has 98 valence electrons. The number of rotatable bonds is 0. The van der Waals surface area contributed by atoms with E-state index < -0.39 is 0 Å². The monoisotopic (exact) mass is 268 g/mol. The molecule has 5 rings (SSSR count). The molecule has 1 aliphatic rings. The molecule has 0 unspecified atom stereocenters. The fraction of sp³-hybridized carbons (Fsp3) is 0.0500. The Morgan fingerprint density at radius 1 is 0.667 bits per heavy atom. The molecule has 1 aromatic heterocycles. The first-order valence-electron chi connectivity index (χ1n) is 7.34. The number of fused-ring (bicyclic) bond motifs is 4. The van der Waals surface area contributed by atoms with E-state index in [4.69, 9.17) is 0 Å². The van der Waals surface area contributed by atoms with Gasteiger partial charge in [0.25, 0.3) is 0 Å². The summed E-state index contributed by atoms with van der Waals surface area (Å²) in [6.07, 6.45) is 2.29. The van der Waals surface area contributed by atoms with E-state index in [0.29, 0.717) is 0 Å². The van der Waals surface area contributed by atoms with Crippen LogP contribution in [-0.2, 0) is 6.54 Å². The van der Waals surface area contributed by atoms with Gasteiger partial charge in [-0.05, 0) is 23.8 Å². The van der Waals surface area contributed by atoms with Crippen LogP contribution in [0.2, 0.25) is 0 Å². The van der Waals surface area contributed by atoms with Crippen LogP contribution in [0.15, 0.2) is 72.9 Å². The third-order valence-corrected chi connectivity index (χ3v) is 4.52. The number of pyridine rings is 1. The molecule has 21 heavy (non-hydrogen) atoms. The van der Waals surface area contributed by atoms with Crippen LogP contribution in [0.5, 0.6) is 0 Å². The molecule has 4 aromatic rings. The van der Waals surface area contributed by atoms with Crippen LogP contribution in [0.1, 0.15) is 5.56 Å². The standard InChI is InChI=1S/C20H14N/c1-3-8-16-14(6-1)12-21-13-15-7-2-4-9-17(15)19-11-5-10-18(16)20(19)21/h1-12H,13H2/q+1. The molecular formula is C20H14N+. The summed E-state index contributed by atoms with van der Waals surface area (Å²) in [6, 6.07) is 24.1. The van der Waals surface area contributed by atoms with Crippen molar-refractivity contribution in [3.8, 4) is 11.1 Å². The van der Waals surface area contributed by atoms with Gasteiger partial charge in [-0.15, -0.1) is 0 Å². The average Bonchev–Trinajstić information content (AvgIpc) is 2.55. The van der Waals surface area contributed by atoms with Gasteiger partial charge in [0.2, 0.25) is 5.52 Å². The van der Waals surface area contributed by atoms with Gasteiger partial charge in [0, 0.05) is 16.3 Å². The van der Waals surface area contributed by atoms with Crippen molar-refractivity contribution in [2.45, 2.75) is 6.54 Å². The number of nitrogens with zero attached hydrogens (tertiary/aromatic N) is 1. The van der Waals surface area contributed by atoms with Crippen molar-refractivity contribution in [1.29, 1.82) is 0 Å². The van der Waals surface area contributed by atoms with Crippen molar-refractivity contribution < 1.29 is 4.57 Å². The molecule has 0 amide bonds. The van der Waals surface area contributed by atoms with Crippen molar-refractivity contribution >= 4 is 21.7 Å². The van der Waals surface area contributed by atoms with Crippen LogP contribution in [0.3, 0.4) is 0 Å². The number of para-hydroxylation sites is 1. The summed E-state index contributed by atoms with van der Waals surface area (Å²) in [5.74, 6) is 0. The summed E-state index contributed by atoms with van der Waals surface area (Å²) < 4.78 is 2.40. The first kappa shape index (κ1) is 11.0. The summed E-state index contributed by atoms with van der Waals surface area (Å²) in [4.78, 5) is 0. The van der Waals surface area contributed by atoms with Crippen molar-refractivity contribution in [2.75, 3.05) is 0 Å². The molecule has 1 heteroatoms. The zero-order chi connectivity index (χ0) is 13.8. The zero-order valence-electron chi connectivity index (χ0n) is 11.6. The lowest BCUT2D eigenvalue weighted by Crippen LogP contribution is -2.37. The van der Waals surface area contributed by atoms with E-state index in [0.717, 1.165) is 6.54 Å². The maximum atomic E-state index is 2.40. The zero-order valence-corrected chi connectivity index (χ0v) is 11.6. The first-order valence-corrected chi connectivity index (χ1v) is 7.34. The molecule has 0 fully saturated rings. The Morgan fingerprint density at radius 2 is 1.43 bits per heavy atom. The minimum atomic E-state index is 0.953. The summed E-state index contributed by atoms with van der Waals surface area (Å²) >= 11 is 0. The van der Waals surface area contributed by atoms with Gasteiger partial charge in [-0.25, -0.2) is 0 Å². The number of hydrogen-bond acceptors (Lipinski definition) is 0. The van der Waals surface area contributed by atoms with Crippen LogP contribution in [0.4, 0.5) is 0 Å². The molecule has 0 aliphatic carbocycles. The molecule has 0 bridgehead atoms. The van der Waals surface area contributed by atoms with Crippen LogP contribution in [0.25, 0.3) is 32.8 Å². The van der Waals surface area contributed by atoms with Gasteiger partial charge in [0.15, 0.2) is 12.7 Å². The van der Waals surface area contributed by atoms with Gasteiger partial charge < -0.3 is 0 Å². The van der Waals surface area contributed by atoms with Crippen molar-refractivity contribution in [2.24, 2.45) is 0 Å². The van der Waals surface area contributed by atoms with Gasteiger partial charge in [-0.3, -0.25) is 0 Å². The molecule has 0 radical (unpaired) electrons. The minimum absolute atomic E-state index is 0.953. The molecule has 0 spiro atoms. The molecule has 0 atom stereocenters. The minimum Gasteiger partial charge on any atom is -0.193 e. The summed E-state index contributed by atoms with van der Waals surface area (Å²) in [5, 5.41) is 3.99.